The Morgan fingerprint density at radius 3 is 2.36 bits per heavy atom. The Hall–Kier alpha value is -3.11. The number of unbranched alkanes of at least 4 members (excludes halogenated alkanes) is 1. The van der Waals surface area contributed by atoms with E-state index in [-0.39, 0.29) is 37.4 Å². The molecular weight excluding hydrogens is 720 g/mol. The van der Waals surface area contributed by atoms with Crippen molar-refractivity contribution >= 4 is 17.5 Å². The van der Waals surface area contributed by atoms with Gasteiger partial charge in [-0.1, -0.05) is 27.7 Å². The van der Waals surface area contributed by atoms with Crippen LogP contribution in [0.4, 0.5) is 0 Å². The molecule has 0 spiro atoms. The lowest BCUT2D eigenvalue weighted by atomic mass is 9.74. The number of pyridine rings is 1. The van der Waals surface area contributed by atoms with Crippen LogP contribution in [0.5, 0.6) is 0 Å². The third kappa shape index (κ3) is 10.5. The van der Waals surface area contributed by atoms with Crippen molar-refractivity contribution in [3.8, 4) is 11.3 Å². The first kappa shape index (κ1) is 45.6. The molecule has 2 aromatic rings. The van der Waals surface area contributed by atoms with Crippen LogP contribution < -0.4 is 0 Å². The minimum atomic E-state index is -1.79. The molecule has 0 aromatic carbocycles. The number of aliphatic hydroxyl groups is 2. The lowest BCUT2D eigenvalue weighted by molar-refractivity contribution is -0.295. The largest absolute Gasteiger partial charge is 0.459 e. The predicted molar refractivity (Wildman–Crippen MR) is 209 cm³/mol. The summed E-state index contributed by atoms with van der Waals surface area (Å²) in [4.78, 5) is 52.9. The number of aryl methyl sites for hydroxylation is 1. The van der Waals surface area contributed by atoms with Gasteiger partial charge >= 0.3 is 5.97 Å². The fraction of sp³-hybridized carbons (Fsp3) is 0.738. The molecule has 2 aliphatic heterocycles. The average molecular weight is 787 g/mol. The highest BCUT2D eigenvalue weighted by Gasteiger charge is 2.52. The Morgan fingerprint density at radius 2 is 1.73 bits per heavy atom. The van der Waals surface area contributed by atoms with Crippen LogP contribution in [0.25, 0.3) is 11.3 Å². The fourth-order valence-electron chi connectivity index (χ4n) is 8.48. The topological polar surface area (TPSA) is 172 Å². The maximum absolute atomic E-state index is 14.4. The van der Waals surface area contributed by atoms with Crippen LogP contribution >= 0.6 is 0 Å². The number of methoxy groups -OCH3 is 1. The van der Waals surface area contributed by atoms with Crippen LogP contribution in [0, 0.1) is 23.7 Å². The Balaban J connectivity index is 1.59. The lowest BCUT2D eigenvalue weighted by Crippen LogP contribution is -2.60. The SMILES string of the molecule is CC[C@H]1OC(=O)[C@H](C)C(=O)[C@H](C)[C@@H](O[C@@H]2O[C@H](C)C[C@H](N(C)C)[C@H]2O)[C@@](C)(OC)C[C@@H](C)C(=O)[C@H](C)C(OCCCCn2cnc(-c3cccnc3)c2)[C@]1(C)O. The van der Waals surface area contributed by atoms with Crippen LogP contribution in [0.3, 0.4) is 0 Å². The van der Waals surface area contributed by atoms with Crippen LogP contribution in [-0.2, 0) is 44.6 Å². The zero-order valence-corrected chi connectivity index (χ0v) is 35.2. The number of imidazole rings is 1. The number of hydrogen-bond acceptors (Lipinski definition) is 13. The fourth-order valence-corrected chi connectivity index (χ4v) is 8.48. The number of rotatable bonds is 12. The van der Waals surface area contributed by atoms with Crippen molar-refractivity contribution in [1.82, 2.24) is 19.4 Å². The van der Waals surface area contributed by atoms with E-state index in [0.717, 1.165) is 17.7 Å². The maximum atomic E-state index is 14.4. The van der Waals surface area contributed by atoms with Crippen LogP contribution in [-0.4, -0.2) is 129 Å². The number of carbonyl (C=O) groups is 3. The van der Waals surface area contributed by atoms with Gasteiger partial charge in [0.25, 0.3) is 0 Å². The van der Waals surface area contributed by atoms with Gasteiger partial charge in [-0.3, -0.25) is 19.4 Å². The van der Waals surface area contributed by atoms with Gasteiger partial charge < -0.3 is 43.4 Å². The first-order valence-corrected chi connectivity index (χ1v) is 20.1. The molecule has 0 aliphatic carbocycles. The number of aliphatic hydroxyl groups excluding tert-OH is 1. The quantitative estimate of drug-likeness (QED) is 0.175. The second kappa shape index (κ2) is 19.6. The smallest absolute Gasteiger partial charge is 0.316 e. The Labute approximate surface area is 332 Å². The number of hydrogen-bond donors (Lipinski definition) is 2. The highest BCUT2D eigenvalue weighted by Crippen LogP contribution is 2.39. The van der Waals surface area contributed by atoms with Crippen molar-refractivity contribution in [2.45, 2.75) is 148 Å². The van der Waals surface area contributed by atoms with Crippen LogP contribution in [0.1, 0.15) is 87.5 Å². The molecule has 0 saturated carbocycles. The molecule has 14 nitrogen and oxygen atoms in total. The molecular formula is C42H66N4O10. The summed E-state index contributed by atoms with van der Waals surface area (Å²) in [6, 6.07) is 3.55. The normalized spacial score (nSPS) is 36.7. The van der Waals surface area contributed by atoms with E-state index in [4.69, 9.17) is 23.7 Å². The monoisotopic (exact) mass is 786 g/mol. The average Bonchev–Trinajstić information content (AvgIpc) is 3.65. The van der Waals surface area contributed by atoms with E-state index >= 15 is 0 Å². The summed E-state index contributed by atoms with van der Waals surface area (Å²) in [5, 5.41) is 23.6. The molecule has 4 rings (SSSR count). The molecule has 0 radical (unpaired) electrons. The summed E-state index contributed by atoms with van der Waals surface area (Å²) >= 11 is 0. The van der Waals surface area contributed by atoms with Gasteiger partial charge in [0.15, 0.2) is 12.1 Å². The number of Topliss-reactive ketones (excluding diaryl/α,β-unsaturated/α-hetero) is 2. The first-order chi connectivity index (χ1) is 26.4. The Kier molecular flexibility index (Phi) is 15.9. The predicted octanol–water partition coefficient (Wildman–Crippen LogP) is 4.49. The number of carbonyl (C=O) groups excluding carboxylic acids is 3. The molecule has 2 aromatic heterocycles. The Morgan fingerprint density at radius 1 is 1.04 bits per heavy atom. The zero-order chi connectivity index (χ0) is 41.5. The van der Waals surface area contributed by atoms with E-state index in [9.17, 15) is 24.6 Å². The van der Waals surface area contributed by atoms with E-state index in [1.807, 2.05) is 48.8 Å². The molecule has 2 aliphatic rings. The number of ether oxygens (including phenoxy) is 5. The van der Waals surface area contributed by atoms with Crippen LogP contribution in [0.15, 0.2) is 37.1 Å². The molecule has 314 valence electrons. The van der Waals surface area contributed by atoms with Gasteiger partial charge in [0.2, 0.25) is 0 Å². The molecule has 13 atom stereocenters. The standard InChI is InChI=1S/C42H66N4O10/c1-12-33-42(8,51)38(53-19-14-13-18-46-23-31(44-24-46)30-16-15-17-43-22-30)27(4)34(47)25(2)21-41(7,52-11)37(28(5)35(48)29(6)39(50)55-33)56-40-36(49)32(45(9)10)20-26(3)54-40/h15-17,22-29,32-33,36-38,40,49,51H,12-14,18-21H2,1-11H3/t25-,26-,27+,28+,29-,32+,33-,36-,37-,38?,40+,41+,42-/m1/s1. The van der Waals surface area contributed by atoms with E-state index in [0.29, 0.717) is 19.4 Å². The van der Waals surface area contributed by atoms with Gasteiger partial charge in [0.1, 0.15) is 29.5 Å². The third-order valence-electron chi connectivity index (χ3n) is 12.0. The zero-order valence-electron chi connectivity index (χ0n) is 35.2. The highest BCUT2D eigenvalue weighted by molar-refractivity contribution is 6.00. The number of ketones is 2. The Bertz CT molecular complexity index is 1590. The number of cyclic esters (lactones) is 1. The van der Waals surface area contributed by atoms with Gasteiger partial charge in [-0.15, -0.1) is 0 Å². The van der Waals surface area contributed by atoms with Gasteiger partial charge in [-0.2, -0.15) is 0 Å². The minimum Gasteiger partial charge on any atom is -0.459 e. The van der Waals surface area contributed by atoms with Gasteiger partial charge in [0, 0.05) is 68.2 Å². The molecule has 1 unspecified atom stereocenters. The molecule has 56 heavy (non-hydrogen) atoms. The van der Waals surface area contributed by atoms with Crippen molar-refractivity contribution < 1.29 is 48.3 Å². The first-order valence-electron chi connectivity index (χ1n) is 20.1. The number of aromatic nitrogens is 3. The van der Waals surface area contributed by atoms with E-state index in [1.54, 1.807) is 53.3 Å². The summed E-state index contributed by atoms with van der Waals surface area (Å²) in [6.45, 7) is 14.5. The van der Waals surface area contributed by atoms with Crippen molar-refractivity contribution in [2.75, 3.05) is 27.8 Å². The number of likely N-dealkylation sites (N-methyl/N-ethyl adjacent to an activating group) is 1. The molecule has 0 bridgehead atoms. The van der Waals surface area contributed by atoms with Crippen molar-refractivity contribution in [3.05, 3.63) is 37.1 Å². The molecule has 14 heteroatoms. The van der Waals surface area contributed by atoms with Crippen molar-refractivity contribution in [2.24, 2.45) is 23.7 Å². The molecule has 0 amide bonds. The highest BCUT2D eigenvalue weighted by atomic mass is 16.7. The van der Waals surface area contributed by atoms with E-state index < -0.39 is 77.3 Å². The second-order valence-corrected chi connectivity index (χ2v) is 16.7. The van der Waals surface area contributed by atoms with Crippen LogP contribution in [0.2, 0.25) is 0 Å². The summed E-state index contributed by atoms with van der Waals surface area (Å²) in [5.41, 5.74) is -1.29. The van der Waals surface area contributed by atoms with Crippen molar-refractivity contribution in [3.63, 3.8) is 0 Å². The summed E-state index contributed by atoms with van der Waals surface area (Å²) in [6.07, 6.45) is 3.90. The summed E-state index contributed by atoms with van der Waals surface area (Å²) in [7, 11) is 5.23. The minimum absolute atomic E-state index is 0.126. The van der Waals surface area contributed by atoms with Gasteiger partial charge in [-0.05, 0) is 86.0 Å². The number of esters is 1. The molecule has 2 N–H and O–H groups in total. The van der Waals surface area contributed by atoms with E-state index in [1.165, 1.54) is 21.0 Å². The molecule has 2 saturated heterocycles. The lowest BCUT2D eigenvalue weighted by Gasteiger charge is -2.47. The summed E-state index contributed by atoms with van der Waals surface area (Å²) < 4.78 is 33.2. The van der Waals surface area contributed by atoms with Gasteiger partial charge in [-0.25, -0.2) is 4.98 Å². The van der Waals surface area contributed by atoms with Crippen molar-refractivity contribution in [1.29, 1.82) is 0 Å². The molecule has 4 heterocycles. The number of nitrogens with zero attached hydrogens (tertiary/aromatic N) is 4. The van der Waals surface area contributed by atoms with Gasteiger partial charge in [0.05, 0.1) is 35.9 Å². The molecule has 2 fully saturated rings. The second-order valence-electron chi connectivity index (χ2n) is 16.7. The summed E-state index contributed by atoms with van der Waals surface area (Å²) in [5.74, 6) is -5.12. The third-order valence-corrected chi connectivity index (χ3v) is 12.0. The maximum Gasteiger partial charge on any atom is 0.316 e. The van der Waals surface area contributed by atoms with E-state index in [2.05, 4.69) is 9.97 Å².